The van der Waals surface area contributed by atoms with Gasteiger partial charge < -0.3 is 9.67 Å². The van der Waals surface area contributed by atoms with Gasteiger partial charge in [-0.05, 0) is 53.1 Å². The van der Waals surface area contributed by atoms with Crippen molar-refractivity contribution in [2.24, 2.45) is 0 Å². The number of halogens is 1. The molecule has 1 N–H and O–H groups in total. The number of imidazole rings is 1. The van der Waals surface area contributed by atoms with Crippen LogP contribution in [0.15, 0.2) is 128 Å². The molecule has 0 saturated heterocycles. The molecule has 188 valence electrons. The molecule has 0 aliphatic carbocycles. The Morgan fingerprint density at radius 2 is 1.37 bits per heavy atom. The van der Waals surface area contributed by atoms with Crippen molar-refractivity contribution in [2.45, 2.75) is 24.5 Å². The van der Waals surface area contributed by atoms with E-state index < -0.39 is 11.6 Å². The van der Waals surface area contributed by atoms with E-state index in [9.17, 15) is 9.50 Å². The molecule has 0 saturated carbocycles. The Kier molecular flexibility index (Phi) is 6.62. The lowest BCUT2D eigenvalue weighted by Crippen LogP contribution is -2.36. The number of aliphatic hydroxyl groups is 1. The Balaban J connectivity index is 1.36. The van der Waals surface area contributed by atoms with Crippen molar-refractivity contribution in [1.29, 1.82) is 0 Å². The summed E-state index contributed by atoms with van der Waals surface area (Å²) in [6, 6.07) is 38.2. The fraction of sp³-hybridized carbons (Fsp3) is 0.121. The first kappa shape index (κ1) is 24.3. The van der Waals surface area contributed by atoms with Crippen molar-refractivity contribution in [3.05, 3.63) is 161 Å². The van der Waals surface area contributed by atoms with Gasteiger partial charge >= 0.3 is 0 Å². The van der Waals surface area contributed by atoms with Crippen LogP contribution in [0.1, 0.15) is 39.8 Å². The van der Waals surface area contributed by atoms with Crippen LogP contribution in [-0.2, 0) is 12.0 Å². The maximum atomic E-state index is 13.6. The van der Waals surface area contributed by atoms with Gasteiger partial charge in [0, 0.05) is 15.8 Å². The highest BCUT2D eigenvalue weighted by atomic mass is 32.1. The third-order valence-corrected chi connectivity index (χ3v) is 8.30. The summed E-state index contributed by atoms with van der Waals surface area (Å²) < 4.78 is 16.7. The minimum Gasteiger partial charge on any atom is -0.388 e. The summed E-state index contributed by atoms with van der Waals surface area (Å²) in [4.78, 5) is 5.63. The van der Waals surface area contributed by atoms with Crippen LogP contribution in [0.4, 0.5) is 4.39 Å². The summed E-state index contributed by atoms with van der Waals surface area (Å²) in [5.74, 6) is -0.260. The molecular formula is C33H27FN2OS. The van der Waals surface area contributed by atoms with Gasteiger partial charge in [0.15, 0.2) is 0 Å². The predicted octanol–water partition coefficient (Wildman–Crippen LogP) is 7.74. The Bertz CT molecular complexity index is 1550. The van der Waals surface area contributed by atoms with E-state index in [0.29, 0.717) is 12.8 Å². The standard InChI is InChI=1S/C33H27FN2OS/c34-28-17-16-24-20-32(38-31(24)21-28)30(37)19-18-29-22-36(23-35-29)33(25-10-4-1-5-11-25,26-12-6-2-7-13-26)27-14-8-3-9-15-27/h1-17,20-23,30,37H,18-19H2. The first-order chi connectivity index (χ1) is 18.6. The molecule has 2 aromatic heterocycles. The third-order valence-electron chi connectivity index (χ3n) is 7.10. The Morgan fingerprint density at radius 1 is 0.789 bits per heavy atom. The van der Waals surface area contributed by atoms with Gasteiger partial charge in [-0.15, -0.1) is 11.3 Å². The van der Waals surface area contributed by atoms with Gasteiger partial charge in [0.25, 0.3) is 0 Å². The molecule has 0 radical (unpaired) electrons. The van der Waals surface area contributed by atoms with Gasteiger partial charge in [-0.3, -0.25) is 0 Å². The summed E-state index contributed by atoms with van der Waals surface area (Å²) in [7, 11) is 0. The number of fused-ring (bicyclic) bond motifs is 1. The number of hydrogen-bond acceptors (Lipinski definition) is 3. The molecule has 1 atom stereocenters. The lowest BCUT2D eigenvalue weighted by molar-refractivity contribution is 0.171. The average Bonchev–Trinajstić information content (AvgIpc) is 3.61. The summed E-state index contributed by atoms with van der Waals surface area (Å²) in [5.41, 5.74) is 3.71. The lowest BCUT2D eigenvalue weighted by atomic mass is 9.77. The quantitative estimate of drug-likeness (QED) is 0.209. The molecule has 3 nitrogen and oxygen atoms in total. The van der Waals surface area contributed by atoms with Crippen LogP contribution in [0.25, 0.3) is 10.1 Å². The van der Waals surface area contributed by atoms with Crippen LogP contribution in [-0.4, -0.2) is 14.7 Å². The number of nitrogens with zero attached hydrogens (tertiary/aromatic N) is 2. The molecule has 1 unspecified atom stereocenters. The zero-order chi connectivity index (χ0) is 26.0. The lowest BCUT2D eigenvalue weighted by Gasteiger charge is -2.37. The Hall–Kier alpha value is -4.06. The highest BCUT2D eigenvalue weighted by Gasteiger charge is 2.38. The monoisotopic (exact) mass is 518 g/mol. The predicted molar refractivity (Wildman–Crippen MR) is 152 cm³/mol. The van der Waals surface area contributed by atoms with E-state index in [1.165, 1.54) is 23.5 Å². The molecule has 0 aliphatic heterocycles. The number of aromatic nitrogens is 2. The van der Waals surface area contributed by atoms with Crippen molar-refractivity contribution >= 4 is 21.4 Å². The van der Waals surface area contributed by atoms with E-state index >= 15 is 0 Å². The first-order valence-corrected chi connectivity index (χ1v) is 13.5. The van der Waals surface area contributed by atoms with Crippen LogP contribution in [0.2, 0.25) is 0 Å². The number of benzene rings is 4. The summed E-state index contributed by atoms with van der Waals surface area (Å²) in [5, 5.41) is 11.9. The van der Waals surface area contributed by atoms with E-state index in [1.807, 2.05) is 30.6 Å². The van der Waals surface area contributed by atoms with Crippen molar-refractivity contribution in [2.75, 3.05) is 0 Å². The molecule has 2 heterocycles. The SMILES string of the molecule is OC(CCc1cn(C(c2ccccc2)(c2ccccc2)c2ccccc2)cn1)c1cc2ccc(F)cc2s1. The van der Waals surface area contributed by atoms with E-state index in [4.69, 9.17) is 4.98 Å². The van der Waals surface area contributed by atoms with E-state index in [1.54, 1.807) is 6.07 Å². The van der Waals surface area contributed by atoms with Crippen molar-refractivity contribution < 1.29 is 9.50 Å². The molecule has 0 fully saturated rings. The molecule has 0 spiro atoms. The number of thiophene rings is 1. The van der Waals surface area contributed by atoms with Crippen LogP contribution in [0.3, 0.4) is 0 Å². The normalized spacial score (nSPS) is 12.6. The summed E-state index contributed by atoms with van der Waals surface area (Å²) in [6.07, 6.45) is 4.51. The summed E-state index contributed by atoms with van der Waals surface area (Å²) >= 11 is 1.44. The van der Waals surface area contributed by atoms with Gasteiger partial charge in [-0.1, -0.05) is 97.1 Å². The van der Waals surface area contributed by atoms with Crippen molar-refractivity contribution in [1.82, 2.24) is 9.55 Å². The highest BCUT2D eigenvalue weighted by Crippen LogP contribution is 2.41. The summed E-state index contributed by atoms with van der Waals surface area (Å²) in [6.45, 7) is 0. The average molecular weight is 519 g/mol. The van der Waals surface area contributed by atoms with Crippen molar-refractivity contribution in [3.63, 3.8) is 0 Å². The largest absolute Gasteiger partial charge is 0.388 e. The van der Waals surface area contributed by atoms with Crippen molar-refractivity contribution in [3.8, 4) is 0 Å². The smallest absolute Gasteiger partial charge is 0.124 e. The zero-order valence-corrected chi connectivity index (χ0v) is 21.6. The van der Waals surface area contributed by atoms with E-state index in [0.717, 1.165) is 37.3 Å². The number of hydrogen-bond donors (Lipinski definition) is 1. The minimum absolute atomic E-state index is 0.260. The van der Waals surface area contributed by atoms with Crippen LogP contribution in [0.5, 0.6) is 0 Å². The fourth-order valence-corrected chi connectivity index (χ4v) is 6.39. The highest BCUT2D eigenvalue weighted by molar-refractivity contribution is 7.19. The second-order valence-electron chi connectivity index (χ2n) is 9.47. The minimum atomic E-state index is -0.636. The van der Waals surface area contributed by atoms with Gasteiger partial charge in [0.2, 0.25) is 0 Å². The maximum absolute atomic E-state index is 13.6. The molecule has 4 aromatic carbocycles. The zero-order valence-electron chi connectivity index (χ0n) is 20.7. The van der Waals surface area contributed by atoms with Crippen LogP contribution in [0, 0.1) is 5.82 Å². The number of aryl methyl sites for hydroxylation is 1. The molecule has 0 bridgehead atoms. The molecule has 38 heavy (non-hydrogen) atoms. The molecule has 6 aromatic rings. The van der Waals surface area contributed by atoms with Gasteiger partial charge in [0.1, 0.15) is 11.4 Å². The first-order valence-electron chi connectivity index (χ1n) is 12.7. The van der Waals surface area contributed by atoms with Crippen LogP contribution < -0.4 is 0 Å². The molecule has 5 heteroatoms. The number of aliphatic hydroxyl groups excluding tert-OH is 1. The van der Waals surface area contributed by atoms with Gasteiger partial charge in [0.05, 0.1) is 18.1 Å². The maximum Gasteiger partial charge on any atom is 0.124 e. The molecule has 0 aliphatic rings. The fourth-order valence-electron chi connectivity index (χ4n) is 5.28. The second kappa shape index (κ2) is 10.4. The van der Waals surface area contributed by atoms with E-state index in [-0.39, 0.29) is 5.82 Å². The topological polar surface area (TPSA) is 38.0 Å². The number of rotatable bonds is 8. The molecule has 6 rings (SSSR count). The van der Waals surface area contributed by atoms with Gasteiger partial charge in [-0.25, -0.2) is 9.37 Å². The Morgan fingerprint density at radius 3 is 1.95 bits per heavy atom. The molecular weight excluding hydrogens is 491 g/mol. The third kappa shape index (κ3) is 4.44. The second-order valence-corrected chi connectivity index (χ2v) is 10.6. The molecule has 0 amide bonds. The van der Waals surface area contributed by atoms with Crippen LogP contribution >= 0.6 is 11.3 Å². The Labute approximate surface area is 225 Å². The van der Waals surface area contributed by atoms with E-state index in [2.05, 4.69) is 83.6 Å². The van der Waals surface area contributed by atoms with Gasteiger partial charge in [-0.2, -0.15) is 0 Å².